The van der Waals surface area contributed by atoms with Gasteiger partial charge in [-0.3, -0.25) is 24.4 Å². The fraction of sp³-hybridized carbons (Fsp3) is 0.407. The summed E-state index contributed by atoms with van der Waals surface area (Å²) in [6.07, 6.45) is 0. The van der Waals surface area contributed by atoms with Crippen LogP contribution in [0.5, 0.6) is 0 Å². The first-order valence-electron chi connectivity index (χ1n) is 12.2. The van der Waals surface area contributed by atoms with Gasteiger partial charge in [-0.1, -0.05) is 54.6 Å². The number of piperazine rings is 1. The summed E-state index contributed by atoms with van der Waals surface area (Å²) in [5.74, 6) is 1.17. The van der Waals surface area contributed by atoms with Crippen LogP contribution in [0.3, 0.4) is 0 Å². The molecule has 3 aliphatic heterocycles. The Morgan fingerprint density at radius 2 is 1.49 bits per heavy atom. The summed E-state index contributed by atoms with van der Waals surface area (Å²) < 4.78 is 2.09. The second-order valence-electron chi connectivity index (χ2n) is 9.62. The summed E-state index contributed by atoms with van der Waals surface area (Å²) in [5, 5.41) is 0. The van der Waals surface area contributed by atoms with E-state index in [9.17, 15) is 9.59 Å². The molecule has 1 atom stereocenters. The maximum absolute atomic E-state index is 13.2. The molecule has 2 aromatic rings. The molecule has 8 heteroatoms. The molecule has 182 valence electrons. The number of nitrogens with zero attached hydrogens (tertiary/aromatic N) is 6. The molecule has 3 amide bonds. The Morgan fingerprint density at radius 1 is 0.857 bits per heavy atom. The maximum atomic E-state index is 13.2. The predicted molar refractivity (Wildman–Crippen MR) is 135 cm³/mol. The molecule has 0 aliphatic carbocycles. The normalized spacial score (nSPS) is 21.6. The van der Waals surface area contributed by atoms with E-state index in [1.807, 2.05) is 12.1 Å². The molecule has 0 spiro atoms. The van der Waals surface area contributed by atoms with Crippen LogP contribution in [0.15, 0.2) is 59.6 Å². The molecule has 2 aromatic carbocycles. The third-order valence-corrected chi connectivity index (χ3v) is 7.29. The van der Waals surface area contributed by atoms with Crippen molar-refractivity contribution in [3.8, 4) is 0 Å². The predicted octanol–water partition coefficient (Wildman–Crippen LogP) is 2.03. The van der Waals surface area contributed by atoms with Gasteiger partial charge < -0.3 is 0 Å². The Hall–Kier alpha value is -3.36. The highest BCUT2D eigenvalue weighted by molar-refractivity contribution is 6.23. The zero-order valence-electron chi connectivity index (χ0n) is 20.7. The highest BCUT2D eigenvalue weighted by Gasteiger charge is 2.53. The van der Waals surface area contributed by atoms with Crippen LogP contribution in [0.4, 0.5) is 4.79 Å². The molecule has 0 aromatic heterocycles. The summed E-state index contributed by atoms with van der Waals surface area (Å²) in [6.45, 7) is 8.13. The fourth-order valence-corrected chi connectivity index (χ4v) is 5.08. The van der Waals surface area contributed by atoms with Crippen LogP contribution in [0, 0.1) is 6.92 Å². The number of aliphatic imine (C=N–C) groups is 1. The maximum Gasteiger partial charge on any atom is 0.333 e. The quantitative estimate of drug-likeness (QED) is 0.603. The van der Waals surface area contributed by atoms with Crippen molar-refractivity contribution in [3.05, 3.63) is 71.3 Å². The summed E-state index contributed by atoms with van der Waals surface area (Å²) in [7, 11) is 3.25. The lowest BCUT2D eigenvalue weighted by atomic mass is 10.1. The van der Waals surface area contributed by atoms with Crippen molar-refractivity contribution in [1.29, 1.82) is 0 Å². The Kier molecular flexibility index (Phi) is 6.49. The number of carbonyl (C=O) groups is 2. The SMILES string of the molecule is Cc1ccccc1C[N+]1=C(CN2CCN(Cc3ccccc3)CC2)N=C2C1C(=O)N(C)C(=O)N2C. The van der Waals surface area contributed by atoms with Crippen LogP contribution in [-0.2, 0) is 17.9 Å². The van der Waals surface area contributed by atoms with Crippen molar-refractivity contribution in [3.63, 3.8) is 0 Å². The molecule has 1 unspecified atom stereocenters. The van der Waals surface area contributed by atoms with Gasteiger partial charge in [0.05, 0.1) is 0 Å². The molecule has 8 nitrogen and oxygen atoms in total. The fourth-order valence-electron chi connectivity index (χ4n) is 5.08. The van der Waals surface area contributed by atoms with Crippen molar-refractivity contribution in [2.45, 2.75) is 26.1 Å². The van der Waals surface area contributed by atoms with E-state index in [-0.39, 0.29) is 11.9 Å². The van der Waals surface area contributed by atoms with E-state index < -0.39 is 6.04 Å². The van der Waals surface area contributed by atoms with Crippen molar-refractivity contribution in [1.82, 2.24) is 19.6 Å². The number of amidine groups is 2. The van der Waals surface area contributed by atoms with Crippen molar-refractivity contribution in [2.24, 2.45) is 4.99 Å². The zero-order valence-corrected chi connectivity index (χ0v) is 20.7. The lowest BCUT2D eigenvalue weighted by molar-refractivity contribution is -0.552. The first kappa shape index (κ1) is 23.4. The molecule has 35 heavy (non-hydrogen) atoms. The van der Waals surface area contributed by atoms with Crippen LogP contribution in [-0.4, -0.2) is 101 Å². The molecule has 0 bridgehead atoms. The standard InChI is InChI=1S/C27H33N6O2/c1-20-9-7-8-12-22(20)18-33-23(28-25-24(33)26(34)30(3)27(35)29(25)2)19-32-15-13-31(14-16-32)17-21-10-5-4-6-11-21/h4-12,24H,13-19H2,1-3H3/q+1. The molecular formula is C27H33N6O2+. The van der Waals surface area contributed by atoms with Crippen molar-refractivity contribution >= 4 is 23.6 Å². The second kappa shape index (κ2) is 9.71. The molecule has 5 rings (SSSR count). The smallest absolute Gasteiger partial charge is 0.297 e. The lowest BCUT2D eigenvalue weighted by Gasteiger charge is -2.34. The number of hydrogen-bond donors (Lipinski definition) is 0. The number of carbonyl (C=O) groups excluding carboxylic acids is 2. The molecule has 0 radical (unpaired) electrons. The number of benzene rings is 2. The minimum Gasteiger partial charge on any atom is -0.297 e. The number of hydrogen-bond acceptors (Lipinski definition) is 5. The van der Waals surface area contributed by atoms with Crippen LogP contribution in [0.2, 0.25) is 0 Å². The Morgan fingerprint density at radius 3 is 2.17 bits per heavy atom. The molecule has 0 N–H and O–H groups in total. The third-order valence-electron chi connectivity index (χ3n) is 7.29. The highest BCUT2D eigenvalue weighted by Crippen LogP contribution is 2.22. The van der Waals surface area contributed by atoms with Gasteiger partial charge in [0, 0.05) is 46.8 Å². The number of fused-ring (bicyclic) bond motifs is 1. The molecule has 0 saturated carbocycles. The Balaban J connectivity index is 1.36. The van der Waals surface area contributed by atoms with E-state index in [1.54, 1.807) is 14.1 Å². The highest BCUT2D eigenvalue weighted by atomic mass is 16.2. The van der Waals surface area contributed by atoms with E-state index in [1.165, 1.54) is 20.9 Å². The number of urea groups is 1. The largest absolute Gasteiger partial charge is 0.333 e. The monoisotopic (exact) mass is 473 g/mol. The summed E-state index contributed by atoms with van der Waals surface area (Å²) in [5.41, 5.74) is 3.67. The Bertz CT molecular complexity index is 1180. The van der Waals surface area contributed by atoms with Gasteiger partial charge in [-0.05, 0) is 28.6 Å². The van der Waals surface area contributed by atoms with Gasteiger partial charge >= 0.3 is 11.9 Å². The third kappa shape index (κ3) is 4.63. The van der Waals surface area contributed by atoms with Crippen molar-refractivity contribution in [2.75, 3.05) is 46.8 Å². The van der Waals surface area contributed by atoms with Crippen LogP contribution < -0.4 is 0 Å². The topological polar surface area (TPSA) is 62.5 Å². The minimum absolute atomic E-state index is 0.219. The lowest BCUT2D eigenvalue weighted by Crippen LogP contribution is -2.61. The van der Waals surface area contributed by atoms with Gasteiger partial charge in [0.1, 0.15) is 13.1 Å². The minimum atomic E-state index is -0.573. The number of amides is 3. The molecule has 3 aliphatic rings. The summed E-state index contributed by atoms with van der Waals surface area (Å²) >= 11 is 0. The van der Waals surface area contributed by atoms with Gasteiger partial charge in [0.2, 0.25) is 0 Å². The average molecular weight is 474 g/mol. The van der Waals surface area contributed by atoms with E-state index in [2.05, 4.69) is 63.8 Å². The van der Waals surface area contributed by atoms with Gasteiger partial charge in [-0.15, -0.1) is 0 Å². The number of aryl methyl sites for hydroxylation is 1. The summed E-state index contributed by atoms with van der Waals surface area (Å²) in [4.78, 5) is 38.3. The average Bonchev–Trinajstić information content (AvgIpc) is 3.22. The Labute approximate surface area is 206 Å². The van der Waals surface area contributed by atoms with Crippen LogP contribution in [0.25, 0.3) is 0 Å². The second-order valence-corrected chi connectivity index (χ2v) is 9.62. The molecule has 2 saturated heterocycles. The van der Waals surface area contributed by atoms with Gasteiger partial charge in [-0.2, -0.15) is 0 Å². The van der Waals surface area contributed by atoms with E-state index in [0.29, 0.717) is 18.9 Å². The van der Waals surface area contributed by atoms with Gasteiger partial charge in [0.15, 0.2) is 0 Å². The van der Waals surface area contributed by atoms with Gasteiger partial charge in [0.25, 0.3) is 17.8 Å². The van der Waals surface area contributed by atoms with Crippen LogP contribution in [0.1, 0.15) is 16.7 Å². The van der Waals surface area contributed by atoms with Gasteiger partial charge in [-0.25, -0.2) is 9.37 Å². The molecular weight excluding hydrogens is 440 g/mol. The zero-order chi connectivity index (χ0) is 24.5. The first-order valence-corrected chi connectivity index (χ1v) is 12.2. The molecule has 3 heterocycles. The molecule has 2 fully saturated rings. The first-order chi connectivity index (χ1) is 16.9. The van der Waals surface area contributed by atoms with Crippen molar-refractivity contribution < 1.29 is 14.2 Å². The number of likely N-dealkylation sites (N-methyl/N-ethyl adjacent to an activating group) is 2. The number of rotatable bonds is 6. The summed E-state index contributed by atoms with van der Waals surface area (Å²) in [6, 6.07) is 17.9. The van der Waals surface area contributed by atoms with E-state index >= 15 is 0 Å². The van der Waals surface area contributed by atoms with E-state index in [4.69, 9.17) is 4.99 Å². The van der Waals surface area contributed by atoms with E-state index in [0.717, 1.165) is 44.1 Å². The number of imide groups is 1. The van der Waals surface area contributed by atoms with Crippen LogP contribution >= 0.6 is 0 Å².